The highest BCUT2D eigenvalue weighted by Gasteiger charge is 2.47. The number of Topliss-reactive ketones (excluding diaryl/α,β-unsaturated/α-hetero) is 1. The molecule has 32 heavy (non-hydrogen) atoms. The number of anilines is 1. The van der Waals surface area contributed by atoms with E-state index in [1.807, 2.05) is 31.2 Å². The Kier molecular flexibility index (Phi) is 6.37. The average molecular weight is 449 g/mol. The normalized spacial score (nSPS) is 17.7. The summed E-state index contributed by atoms with van der Waals surface area (Å²) < 4.78 is 5.75. The van der Waals surface area contributed by atoms with Gasteiger partial charge in [-0.3, -0.25) is 14.5 Å². The van der Waals surface area contributed by atoms with Crippen LogP contribution in [0.3, 0.4) is 0 Å². The number of ether oxygens (including phenoxy) is 1. The fraction of sp³-hybridized carbons (Fsp3) is 0.240. The van der Waals surface area contributed by atoms with Crippen LogP contribution < -0.4 is 9.64 Å². The van der Waals surface area contributed by atoms with Crippen LogP contribution in [0.15, 0.2) is 65.7 Å². The number of rotatable bonds is 7. The minimum absolute atomic E-state index is 0.0414. The standard InChI is InChI=1S/C25H24N2O4S/c1-3-4-13-31-19-7-5-6-18(15-19)22(28)20-21(17-10-8-16(2)9-11-17)27(24(30)23(20)29)25-26-12-14-32-25/h5-12,14-15,21,28H,3-4,13H2,1-2H3/b22-20+. The molecule has 0 saturated carbocycles. The predicted molar refractivity (Wildman–Crippen MR) is 125 cm³/mol. The van der Waals surface area contributed by atoms with Crippen LogP contribution in [0.4, 0.5) is 5.13 Å². The molecule has 1 fully saturated rings. The Morgan fingerprint density at radius 1 is 1.19 bits per heavy atom. The molecule has 0 bridgehead atoms. The van der Waals surface area contributed by atoms with Gasteiger partial charge in [0.25, 0.3) is 5.78 Å². The zero-order chi connectivity index (χ0) is 22.7. The average Bonchev–Trinajstić information content (AvgIpc) is 3.41. The third kappa shape index (κ3) is 4.16. The molecule has 0 aliphatic carbocycles. The smallest absolute Gasteiger partial charge is 0.301 e. The topological polar surface area (TPSA) is 79.7 Å². The van der Waals surface area contributed by atoms with Crippen molar-refractivity contribution in [1.82, 2.24) is 4.98 Å². The van der Waals surface area contributed by atoms with Crippen LogP contribution in [0, 0.1) is 6.92 Å². The van der Waals surface area contributed by atoms with E-state index >= 15 is 0 Å². The summed E-state index contributed by atoms with van der Waals surface area (Å²) in [6.07, 6.45) is 3.52. The minimum atomic E-state index is -0.772. The van der Waals surface area contributed by atoms with E-state index in [2.05, 4.69) is 11.9 Å². The van der Waals surface area contributed by atoms with Gasteiger partial charge in [-0.2, -0.15) is 0 Å². The number of ketones is 1. The van der Waals surface area contributed by atoms with E-state index in [0.29, 0.717) is 23.1 Å². The molecular weight excluding hydrogens is 424 g/mol. The molecule has 1 N–H and O–H groups in total. The number of thiazole rings is 1. The third-order valence-corrected chi connectivity index (χ3v) is 6.11. The molecule has 0 radical (unpaired) electrons. The van der Waals surface area contributed by atoms with Crippen molar-refractivity contribution in [2.45, 2.75) is 32.7 Å². The van der Waals surface area contributed by atoms with Crippen LogP contribution in [0.5, 0.6) is 5.75 Å². The number of aryl methyl sites for hydroxylation is 1. The number of benzene rings is 2. The lowest BCUT2D eigenvalue weighted by atomic mass is 9.95. The van der Waals surface area contributed by atoms with Crippen molar-refractivity contribution in [1.29, 1.82) is 0 Å². The Morgan fingerprint density at radius 2 is 1.97 bits per heavy atom. The highest BCUT2D eigenvalue weighted by atomic mass is 32.1. The van der Waals surface area contributed by atoms with E-state index in [9.17, 15) is 14.7 Å². The maximum atomic E-state index is 13.1. The van der Waals surface area contributed by atoms with Gasteiger partial charge < -0.3 is 9.84 Å². The van der Waals surface area contributed by atoms with Crippen LogP contribution in [-0.4, -0.2) is 28.4 Å². The molecule has 4 rings (SSSR count). The predicted octanol–water partition coefficient (Wildman–Crippen LogP) is 5.26. The fourth-order valence-electron chi connectivity index (χ4n) is 3.65. The van der Waals surface area contributed by atoms with Gasteiger partial charge in [0.05, 0.1) is 18.2 Å². The number of hydrogen-bond acceptors (Lipinski definition) is 6. The molecule has 1 aliphatic rings. The molecule has 1 amide bonds. The summed E-state index contributed by atoms with van der Waals surface area (Å²) in [4.78, 5) is 31.7. The summed E-state index contributed by atoms with van der Waals surface area (Å²) >= 11 is 1.27. The molecule has 1 unspecified atom stereocenters. The quantitative estimate of drug-likeness (QED) is 0.231. The van der Waals surface area contributed by atoms with Crippen molar-refractivity contribution in [3.05, 3.63) is 82.4 Å². The lowest BCUT2D eigenvalue weighted by Crippen LogP contribution is -2.29. The first-order valence-corrected chi connectivity index (χ1v) is 11.4. The van der Waals surface area contributed by atoms with Crippen molar-refractivity contribution >= 4 is 33.9 Å². The zero-order valence-electron chi connectivity index (χ0n) is 17.9. The van der Waals surface area contributed by atoms with Gasteiger partial charge in [0.2, 0.25) is 0 Å². The number of carbonyl (C=O) groups is 2. The second-order valence-corrected chi connectivity index (χ2v) is 8.50. The van der Waals surface area contributed by atoms with Crippen LogP contribution in [0.1, 0.15) is 42.5 Å². The molecular formula is C25H24N2O4S. The molecule has 3 aromatic rings. The van der Waals surface area contributed by atoms with Gasteiger partial charge in [-0.05, 0) is 31.0 Å². The fourth-order valence-corrected chi connectivity index (χ4v) is 4.32. The van der Waals surface area contributed by atoms with Gasteiger partial charge in [0, 0.05) is 17.1 Å². The van der Waals surface area contributed by atoms with Crippen LogP contribution in [0.25, 0.3) is 5.76 Å². The van der Waals surface area contributed by atoms with E-state index in [1.165, 1.54) is 16.2 Å². The van der Waals surface area contributed by atoms with E-state index in [1.54, 1.807) is 35.8 Å². The van der Waals surface area contributed by atoms with E-state index in [0.717, 1.165) is 24.0 Å². The zero-order valence-corrected chi connectivity index (χ0v) is 18.8. The SMILES string of the molecule is CCCCOc1cccc(/C(O)=C2\C(=O)C(=O)N(c3nccs3)C2c2ccc(C)cc2)c1. The number of aromatic nitrogens is 1. The van der Waals surface area contributed by atoms with Gasteiger partial charge in [-0.15, -0.1) is 11.3 Å². The summed E-state index contributed by atoms with van der Waals surface area (Å²) in [5.74, 6) is -1.07. The summed E-state index contributed by atoms with van der Waals surface area (Å²) in [5.41, 5.74) is 2.24. The molecule has 2 aromatic carbocycles. The highest BCUT2D eigenvalue weighted by Crippen LogP contribution is 2.42. The molecule has 1 saturated heterocycles. The molecule has 1 aliphatic heterocycles. The molecule has 7 heteroatoms. The Morgan fingerprint density at radius 3 is 2.66 bits per heavy atom. The van der Waals surface area contributed by atoms with Gasteiger partial charge in [-0.1, -0.05) is 55.3 Å². The van der Waals surface area contributed by atoms with Crippen molar-refractivity contribution in [2.75, 3.05) is 11.5 Å². The third-order valence-electron chi connectivity index (χ3n) is 5.34. The van der Waals surface area contributed by atoms with E-state index in [-0.39, 0.29) is 11.3 Å². The number of amides is 1. The number of unbranched alkanes of at least 4 members (excludes halogenated alkanes) is 1. The Labute approximate surface area is 190 Å². The summed E-state index contributed by atoms with van der Waals surface area (Å²) in [5, 5.41) is 13.4. The van der Waals surface area contributed by atoms with Crippen LogP contribution in [0.2, 0.25) is 0 Å². The number of aliphatic hydroxyl groups is 1. The van der Waals surface area contributed by atoms with Crippen molar-refractivity contribution < 1.29 is 19.4 Å². The number of aliphatic hydroxyl groups excluding tert-OH is 1. The molecule has 1 aromatic heterocycles. The van der Waals surface area contributed by atoms with E-state index < -0.39 is 17.7 Å². The van der Waals surface area contributed by atoms with Gasteiger partial charge in [0.15, 0.2) is 5.13 Å². The lowest BCUT2D eigenvalue weighted by molar-refractivity contribution is -0.132. The molecule has 6 nitrogen and oxygen atoms in total. The summed E-state index contributed by atoms with van der Waals surface area (Å²) in [7, 11) is 0. The summed E-state index contributed by atoms with van der Waals surface area (Å²) in [6.45, 7) is 4.61. The lowest BCUT2D eigenvalue weighted by Gasteiger charge is -2.23. The second kappa shape index (κ2) is 9.36. The largest absolute Gasteiger partial charge is 0.507 e. The van der Waals surface area contributed by atoms with Crippen LogP contribution in [-0.2, 0) is 9.59 Å². The van der Waals surface area contributed by atoms with Crippen LogP contribution >= 0.6 is 11.3 Å². The Hall–Kier alpha value is -3.45. The minimum Gasteiger partial charge on any atom is -0.507 e. The van der Waals surface area contributed by atoms with Crippen molar-refractivity contribution in [3.63, 3.8) is 0 Å². The number of nitrogens with zero attached hydrogens (tertiary/aromatic N) is 2. The molecule has 0 spiro atoms. The van der Waals surface area contributed by atoms with E-state index in [4.69, 9.17) is 4.74 Å². The maximum absolute atomic E-state index is 13.1. The molecule has 164 valence electrons. The molecule has 1 atom stereocenters. The second-order valence-electron chi connectivity index (χ2n) is 7.62. The number of carbonyl (C=O) groups excluding carboxylic acids is 2. The highest BCUT2D eigenvalue weighted by molar-refractivity contribution is 7.14. The Bertz CT molecular complexity index is 1150. The van der Waals surface area contributed by atoms with Gasteiger partial charge in [0.1, 0.15) is 11.5 Å². The first kappa shape index (κ1) is 21.8. The Balaban J connectivity index is 1.82. The van der Waals surface area contributed by atoms with Gasteiger partial charge >= 0.3 is 5.91 Å². The first-order valence-electron chi connectivity index (χ1n) is 10.5. The monoisotopic (exact) mass is 448 g/mol. The molecule has 2 heterocycles. The van der Waals surface area contributed by atoms with Crippen molar-refractivity contribution in [3.8, 4) is 5.75 Å². The number of hydrogen-bond donors (Lipinski definition) is 1. The maximum Gasteiger partial charge on any atom is 0.301 e. The van der Waals surface area contributed by atoms with Crippen molar-refractivity contribution in [2.24, 2.45) is 0 Å². The van der Waals surface area contributed by atoms with Gasteiger partial charge in [-0.25, -0.2) is 4.98 Å². The first-order chi connectivity index (χ1) is 15.5. The summed E-state index contributed by atoms with van der Waals surface area (Å²) in [6, 6.07) is 13.7.